The van der Waals surface area contributed by atoms with Gasteiger partial charge in [0.2, 0.25) is 0 Å². The quantitative estimate of drug-likeness (QED) is 0.782. The third kappa shape index (κ3) is 3.52. The summed E-state index contributed by atoms with van der Waals surface area (Å²) in [5.41, 5.74) is 2.18. The molecule has 1 atom stereocenters. The average molecular weight is 364 g/mol. The van der Waals surface area contributed by atoms with Crippen LogP contribution in [0.5, 0.6) is 5.75 Å². The molecule has 126 valence electrons. The van der Waals surface area contributed by atoms with Crippen LogP contribution in [0.4, 0.5) is 0 Å². The lowest BCUT2D eigenvalue weighted by molar-refractivity contribution is 0.0619. The number of halogens is 2. The molecule has 0 radical (unpaired) electrons. The molecule has 3 nitrogen and oxygen atoms in total. The molecule has 0 saturated carbocycles. The van der Waals surface area contributed by atoms with Gasteiger partial charge in [0.15, 0.2) is 0 Å². The second kappa shape index (κ2) is 6.30. The maximum atomic E-state index is 12.7. The number of carbonyl (C=O) groups is 1. The van der Waals surface area contributed by atoms with E-state index in [9.17, 15) is 4.79 Å². The maximum Gasteiger partial charge on any atom is 0.253 e. The fourth-order valence-electron chi connectivity index (χ4n) is 3.01. The van der Waals surface area contributed by atoms with Gasteiger partial charge in [-0.3, -0.25) is 4.79 Å². The van der Waals surface area contributed by atoms with Gasteiger partial charge in [-0.1, -0.05) is 40.9 Å². The third-order valence-electron chi connectivity index (χ3n) is 4.10. The van der Waals surface area contributed by atoms with E-state index in [-0.39, 0.29) is 17.6 Å². The number of rotatable bonds is 2. The molecule has 0 aromatic heterocycles. The Kier molecular flexibility index (Phi) is 4.50. The Morgan fingerprint density at radius 2 is 1.96 bits per heavy atom. The Morgan fingerprint density at radius 3 is 2.67 bits per heavy atom. The molecule has 1 aliphatic rings. The van der Waals surface area contributed by atoms with Crippen molar-refractivity contribution in [3.05, 3.63) is 63.1 Å². The number of nitrogens with one attached hydrogen (secondary N) is 1. The first-order chi connectivity index (χ1) is 11.2. The first kappa shape index (κ1) is 17.1. The molecule has 0 fully saturated rings. The molecule has 0 aliphatic carbocycles. The van der Waals surface area contributed by atoms with Gasteiger partial charge in [-0.2, -0.15) is 0 Å². The molecule has 5 heteroatoms. The number of amides is 1. The van der Waals surface area contributed by atoms with Gasteiger partial charge in [0.05, 0.1) is 16.6 Å². The lowest BCUT2D eigenvalue weighted by atomic mass is 9.88. The van der Waals surface area contributed by atoms with Crippen LogP contribution < -0.4 is 10.1 Å². The van der Waals surface area contributed by atoms with Gasteiger partial charge in [-0.05, 0) is 45.0 Å². The van der Waals surface area contributed by atoms with Gasteiger partial charge in [0, 0.05) is 17.0 Å². The minimum Gasteiger partial charge on any atom is -0.487 e. The summed E-state index contributed by atoms with van der Waals surface area (Å²) in [6.45, 7) is 6.06. The molecule has 2 aromatic carbocycles. The molecule has 1 aliphatic heterocycles. The van der Waals surface area contributed by atoms with Crippen molar-refractivity contribution in [3.63, 3.8) is 0 Å². The van der Waals surface area contributed by atoms with Crippen molar-refractivity contribution in [2.45, 2.75) is 38.8 Å². The van der Waals surface area contributed by atoms with E-state index in [0.29, 0.717) is 22.0 Å². The summed E-state index contributed by atoms with van der Waals surface area (Å²) in [5, 5.41) is 3.94. The SMILES string of the molecule is Cc1ccc2c(c1)[C@H](NC(=O)c1ccc(Cl)cc1Cl)CC(C)(C)O2. The average Bonchev–Trinajstić information content (AvgIpc) is 2.47. The molecular weight excluding hydrogens is 345 g/mol. The summed E-state index contributed by atoms with van der Waals surface area (Å²) in [6, 6.07) is 10.8. The van der Waals surface area contributed by atoms with E-state index in [4.69, 9.17) is 27.9 Å². The lowest BCUT2D eigenvalue weighted by Crippen LogP contribution is -2.41. The zero-order chi connectivity index (χ0) is 17.5. The first-order valence-electron chi connectivity index (χ1n) is 7.81. The highest BCUT2D eigenvalue weighted by Crippen LogP contribution is 2.40. The van der Waals surface area contributed by atoms with E-state index in [2.05, 4.69) is 11.4 Å². The van der Waals surface area contributed by atoms with Gasteiger partial charge in [0.1, 0.15) is 11.4 Å². The minimum atomic E-state index is -0.357. The summed E-state index contributed by atoms with van der Waals surface area (Å²) >= 11 is 12.1. The zero-order valence-electron chi connectivity index (χ0n) is 13.8. The largest absolute Gasteiger partial charge is 0.487 e. The number of fused-ring (bicyclic) bond motifs is 1. The highest BCUT2D eigenvalue weighted by molar-refractivity contribution is 6.36. The number of hydrogen-bond donors (Lipinski definition) is 1. The summed E-state index contributed by atoms with van der Waals surface area (Å²) in [7, 11) is 0. The predicted octanol–water partition coefficient (Wildman–Crippen LogP) is 5.33. The molecule has 0 bridgehead atoms. The van der Waals surface area contributed by atoms with Crippen molar-refractivity contribution in [2.24, 2.45) is 0 Å². The van der Waals surface area contributed by atoms with Crippen LogP contribution >= 0.6 is 23.2 Å². The standard InChI is InChI=1S/C19H19Cl2NO2/c1-11-4-7-17-14(8-11)16(10-19(2,3)24-17)22-18(23)13-6-5-12(20)9-15(13)21/h4-9,16H,10H2,1-3H3,(H,22,23)/t16-/m1/s1. The number of aryl methyl sites for hydroxylation is 1. The molecule has 0 spiro atoms. The molecule has 0 saturated heterocycles. The third-order valence-corrected chi connectivity index (χ3v) is 4.65. The summed E-state index contributed by atoms with van der Waals surface area (Å²) in [5.74, 6) is 0.594. The molecule has 3 rings (SSSR count). The second-order valence-electron chi connectivity index (χ2n) is 6.76. The number of benzene rings is 2. The molecule has 1 N–H and O–H groups in total. The highest BCUT2D eigenvalue weighted by atomic mass is 35.5. The molecule has 2 aromatic rings. The number of carbonyl (C=O) groups excluding carboxylic acids is 1. The van der Waals surface area contributed by atoms with E-state index in [1.54, 1.807) is 18.2 Å². The minimum absolute atomic E-state index is 0.136. The van der Waals surface area contributed by atoms with Crippen molar-refractivity contribution in [2.75, 3.05) is 0 Å². The summed E-state index contributed by atoms with van der Waals surface area (Å²) < 4.78 is 6.04. The molecule has 0 unspecified atom stereocenters. The Balaban J connectivity index is 1.91. The Labute approximate surface area is 151 Å². The smallest absolute Gasteiger partial charge is 0.253 e. The number of hydrogen-bond acceptors (Lipinski definition) is 2. The van der Waals surface area contributed by atoms with E-state index in [1.807, 2.05) is 32.9 Å². The maximum absolute atomic E-state index is 12.7. The summed E-state index contributed by atoms with van der Waals surface area (Å²) in [6.07, 6.45) is 0.681. The van der Waals surface area contributed by atoms with Gasteiger partial charge < -0.3 is 10.1 Å². The Morgan fingerprint density at radius 1 is 1.21 bits per heavy atom. The molecular formula is C19H19Cl2NO2. The van der Waals surface area contributed by atoms with Crippen LogP contribution in [0.1, 0.15) is 47.8 Å². The van der Waals surface area contributed by atoms with Crippen LogP contribution in [0.25, 0.3) is 0 Å². The van der Waals surface area contributed by atoms with Crippen LogP contribution in [0, 0.1) is 6.92 Å². The van der Waals surface area contributed by atoms with E-state index in [0.717, 1.165) is 16.9 Å². The fraction of sp³-hybridized carbons (Fsp3) is 0.316. The van der Waals surface area contributed by atoms with E-state index in [1.165, 1.54) is 0 Å². The van der Waals surface area contributed by atoms with Gasteiger partial charge in [0.25, 0.3) is 5.91 Å². The van der Waals surface area contributed by atoms with Crippen LogP contribution in [-0.2, 0) is 0 Å². The van der Waals surface area contributed by atoms with Crippen molar-refractivity contribution >= 4 is 29.1 Å². The molecule has 1 amide bonds. The zero-order valence-corrected chi connectivity index (χ0v) is 15.3. The lowest BCUT2D eigenvalue weighted by Gasteiger charge is -2.38. The van der Waals surface area contributed by atoms with Crippen LogP contribution in [0.2, 0.25) is 10.0 Å². The first-order valence-corrected chi connectivity index (χ1v) is 8.56. The summed E-state index contributed by atoms with van der Waals surface area (Å²) in [4.78, 5) is 12.7. The van der Waals surface area contributed by atoms with Crippen molar-refractivity contribution in [1.29, 1.82) is 0 Å². The van der Waals surface area contributed by atoms with E-state index >= 15 is 0 Å². The molecule has 1 heterocycles. The normalized spacial score (nSPS) is 18.5. The monoisotopic (exact) mass is 363 g/mol. The van der Waals surface area contributed by atoms with Gasteiger partial charge in [-0.15, -0.1) is 0 Å². The highest BCUT2D eigenvalue weighted by Gasteiger charge is 2.34. The Hall–Kier alpha value is -1.71. The van der Waals surface area contributed by atoms with Gasteiger partial charge in [-0.25, -0.2) is 0 Å². The van der Waals surface area contributed by atoms with Gasteiger partial charge >= 0.3 is 0 Å². The van der Waals surface area contributed by atoms with Crippen molar-refractivity contribution in [1.82, 2.24) is 5.32 Å². The van der Waals surface area contributed by atoms with Crippen LogP contribution in [0.3, 0.4) is 0 Å². The van der Waals surface area contributed by atoms with Crippen LogP contribution in [-0.4, -0.2) is 11.5 Å². The second-order valence-corrected chi connectivity index (χ2v) is 7.60. The predicted molar refractivity (Wildman–Crippen MR) is 97.2 cm³/mol. The van der Waals surface area contributed by atoms with Crippen LogP contribution in [0.15, 0.2) is 36.4 Å². The van der Waals surface area contributed by atoms with Crippen molar-refractivity contribution < 1.29 is 9.53 Å². The molecule has 24 heavy (non-hydrogen) atoms. The van der Waals surface area contributed by atoms with E-state index < -0.39 is 0 Å². The number of ether oxygens (including phenoxy) is 1. The fourth-order valence-corrected chi connectivity index (χ4v) is 3.51. The van der Waals surface area contributed by atoms with Crippen molar-refractivity contribution in [3.8, 4) is 5.75 Å². The topological polar surface area (TPSA) is 38.3 Å². The Bertz CT molecular complexity index is 802.